The van der Waals surface area contributed by atoms with Gasteiger partial charge >= 0.3 is 0 Å². The third-order valence-corrected chi connectivity index (χ3v) is 4.19. The summed E-state index contributed by atoms with van der Waals surface area (Å²) in [4.78, 5) is 18.4. The fourth-order valence-corrected chi connectivity index (χ4v) is 3.06. The van der Waals surface area contributed by atoms with Gasteiger partial charge in [-0.15, -0.1) is 0 Å². The van der Waals surface area contributed by atoms with Crippen LogP contribution in [0.15, 0.2) is 26.8 Å². The molecule has 0 atom stereocenters. The Bertz CT molecular complexity index is 702. The highest BCUT2D eigenvalue weighted by atomic mass is 32.2. The van der Waals surface area contributed by atoms with Gasteiger partial charge in [-0.1, -0.05) is 12.1 Å². The Hall–Kier alpha value is -2.27. The van der Waals surface area contributed by atoms with E-state index in [0.29, 0.717) is 21.6 Å². The van der Waals surface area contributed by atoms with Gasteiger partial charge in [0.25, 0.3) is 5.69 Å². The van der Waals surface area contributed by atoms with Gasteiger partial charge in [-0.3, -0.25) is 10.1 Å². The average Bonchev–Trinajstić information content (AvgIpc) is 2.94. The van der Waals surface area contributed by atoms with E-state index >= 15 is 0 Å². The molecule has 2 aromatic heterocycles. The Balaban J connectivity index is 2.40. The molecule has 0 unspecified atom stereocenters. The zero-order valence-electron chi connectivity index (χ0n) is 10.8. The molecule has 110 valence electrons. The molecule has 3 N–H and O–H groups in total. The maximum absolute atomic E-state index is 10.8. The fraction of sp³-hybridized carbons (Fsp3) is 0.200. The lowest BCUT2D eigenvalue weighted by Crippen LogP contribution is -2.15. The van der Waals surface area contributed by atoms with Gasteiger partial charge in [-0.25, -0.2) is 9.97 Å². The number of amidine groups is 1. The van der Waals surface area contributed by atoms with Gasteiger partial charge in [0.05, 0.1) is 10.5 Å². The predicted molar refractivity (Wildman–Crippen MR) is 76.8 cm³/mol. The Morgan fingerprint density at radius 2 is 2.43 bits per heavy atom. The summed E-state index contributed by atoms with van der Waals surface area (Å²) < 4.78 is 4.76. The molecule has 0 radical (unpaired) electrons. The fourth-order valence-electron chi connectivity index (χ4n) is 1.37. The van der Waals surface area contributed by atoms with Crippen molar-refractivity contribution in [2.75, 3.05) is 0 Å². The van der Waals surface area contributed by atoms with Crippen LogP contribution in [0.4, 0.5) is 5.69 Å². The van der Waals surface area contributed by atoms with Gasteiger partial charge < -0.3 is 10.9 Å². The molecule has 2 rings (SSSR count). The molecule has 0 aliphatic rings. The molecule has 0 spiro atoms. The van der Waals surface area contributed by atoms with Gasteiger partial charge in [0, 0.05) is 12.5 Å². The summed E-state index contributed by atoms with van der Waals surface area (Å²) in [6.07, 6.45) is 1.82. The smallest absolute Gasteiger partial charge is 0.288 e. The molecule has 0 fully saturated rings. The van der Waals surface area contributed by atoms with Crippen LogP contribution in [0.3, 0.4) is 0 Å². The molecule has 0 aromatic carbocycles. The van der Waals surface area contributed by atoms with E-state index in [-0.39, 0.29) is 17.1 Å². The molecule has 11 heteroatoms. The maximum atomic E-state index is 10.8. The molecule has 21 heavy (non-hydrogen) atoms. The third kappa shape index (κ3) is 3.44. The van der Waals surface area contributed by atoms with E-state index in [9.17, 15) is 10.1 Å². The van der Waals surface area contributed by atoms with E-state index in [4.69, 9.17) is 10.9 Å². The van der Waals surface area contributed by atoms with Crippen LogP contribution in [0, 0.1) is 10.1 Å². The number of nitrogens with two attached hydrogens (primary N) is 1. The van der Waals surface area contributed by atoms with E-state index in [2.05, 4.69) is 19.5 Å². The van der Waals surface area contributed by atoms with Crippen molar-refractivity contribution in [3.63, 3.8) is 0 Å². The zero-order chi connectivity index (χ0) is 15.4. The summed E-state index contributed by atoms with van der Waals surface area (Å²) in [6, 6.07) is 1.20. The second kappa shape index (κ2) is 6.45. The molecule has 0 saturated carbocycles. The summed E-state index contributed by atoms with van der Waals surface area (Å²) in [6.45, 7) is 1.93. The highest BCUT2D eigenvalue weighted by Crippen LogP contribution is 2.31. The predicted octanol–water partition coefficient (Wildman–Crippen LogP) is 1.65. The van der Waals surface area contributed by atoms with Gasteiger partial charge in [-0.2, -0.15) is 4.37 Å². The molecular weight excluding hydrogens is 316 g/mol. The first-order valence-corrected chi connectivity index (χ1v) is 7.27. The Labute approximate surface area is 127 Å². The minimum atomic E-state index is -0.601. The van der Waals surface area contributed by atoms with Crippen molar-refractivity contribution in [3.8, 4) is 0 Å². The number of pyridine rings is 1. The number of rotatable bonds is 5. The maximum Gasteiger partial charge on any atom is 0.288 e. The molecule has 2 aromatic rings. The van der Waals surface area contributed by atoms with E-state index in [1.807, 2.05) is 6.92 Å². The van der Waals surface area contributed by atoms with Crippen LogP contribution in [0.25, 0.3) is 0 Å². The van der Waals surface area contributed by atoms with Crippen LogP contribution in [-0.2, 0) is 6.42 Å². The number of nitro groups is 1. The first-order chi connectivity index (χ1) is 10.0. The number of aryl methyl sites for hydroxylation is 1. The molecule has 0 aliphatic heterocycles. The van der Waals surface area contributed by atoms with E-state index in [0.717, 1.165) is 18.0 Å². The number of hydrogen-bond donors (Lipinski definition) is 2. The SMILES string of the molecule is CCc1nsc(Sc2ncc([N+](=O)[O-])cc2C(N)=NO)n1. The summed E-state index contributed by atoms with van der Waals surface area (Å²) in [7, 11) is 0. The lowest BCUT2D eigenvalue weighted by molar-refractivity contribution is -0.385. The molecule has 0 aliphatic carbocycles. The summed E-state index contributed by atoms with van der Waals surface area (Å²) in [5.41, 5.74) is 5.47. The summed E-state index contributed by atoms with van der Waals surface area (Å²) in [5.74, 6) is 0.448. The van der Waals surface area contributed by atoms with Gasteiger partial charge in [-0.05, 0) is 23.3 Å². The van der Waals surface area contributed by atoms with Crippen LogP contribution in [0.2, 0.25) is 0 Å². The molecular formula is C10H10N6O3S2. The van der Waals surface area contributed by atoms with Crippen LogP contribution >= 0.6 is 23.3 Å². The van der Waals surface area contributed by atoms with Crippen LogP contribution in [0.5, 0.6) is 0 Å². The van der Waals surface area contributed by atoms with Crippen LogP contribution in [0.1, 0.15) is 18.3 Å². The van der Waals surface area contributed by atoms with E-state index in [1.54, 1.807) is 0 Å². The van der Waals surface area contributed by atoms with Crippen LogP contribution in [-0.4, -0.2) is 30.3 Å². The van der Waals surface area contributed by atoms with Crippen molar-refractivity contribution in [1.82, 2.24) is 14.3 Å². The quantitative estimate of drug-likeness (QED) is 0.278. The standard InChI is InChI=1S/C10H10N6O3S2/c1-2-7-13-10(21-15-7)20-9-6(8(11)14-17)3-5(4-12-9)16(18)19/h3-4,17H,2H2,1H3,(H2,11,14). The van der Waals surface area contributed by atoms with Gasteiger partial charge in [0.15, 0.2) is 10.2 Å². The number of nitrogens with zero attached hydrogens (tertiary/aromatic N) is 5. The topological polar surface area (TPSA) is 140 Å². The van der Waals surface area contributed by atoms with E-state index in [1.165, 1.54) is 17.6 Å². The molecule has 0 saturated heterocycles. The highest BCUT2D eigenvalue weighted by Gasteiger charge is 2.18. The normalized spacial score (nSPS) is 11.6. The van der Waals surface area contributed by atoms with Crippen LogP contribution < -0.4 is 5.73 Å². The van der Waals surface area contributed by atoms with Crippen molar-refractivity contribution >= 4 is 34.8 Å². The Morgan fingerprint density at radius 1 is 1.67 bits per heavy atom. The minimum Gasteiger partial charge on any atom is -0.409 e. The van der Waals surface area contributed by atoms with Gasteiger partial charge in [0.2, 0.25) is 0 Å². The van der Waals surface area contributed by atoms with E-state index < -0.39 is 4.92 Å². The first-order valence-electron chi connectivity index (χ1n) is 5.68. The van der Waals surface area contributed by atoms with Gasteiger partial charge in [0.1, 0.15) is 17.0 Å². The number of hydrogen-bond acceptors (Lipinski definition) is 9. The molecule has 9 nitrogen and oxygen atoms in total. The second-order valence-corrected chi connectivity index (χ2v) is 5.71. The van der Waals surface area contributed by atoms with Crippen molar-refractivity contribution in [2.45, 2.75) is 22.7 Å². The lowest BCUT2D eigenvalue weighted by Gasteiger charge is -2.04. The lowest BCUT2D eigenvalue weighted by atomic mass is 10.2. The first kappa shape index (κ1) is 15.1. The second-order valence-electron chi connectivity index (χ2n) is 3.72. The summed E-state index contributed by atoms with van der Waals surface area (Å²) in [5, 5.41) is 22.8. The number of oxime groups is 1. The van der Waals surface area contributed by atoms with Crippen molar-refractivity contribution in [3.05, 3.63) is 33.8 Å². The Morgan fingerprint density at radius 3 is 3.00 bits per heavy atom. The monoisotopic (exact) mass is 326 g/mol. The molecule has 0 bridgehead atoms. The largest absolute Gasteiger partial charge is 0.409 e. The molecule has 2 heterocycles. The van der Waals surface area contributed by atoms with Crippen molar-refractivity contribution in [2.24, 2.45) is 10.9 Å². The highest BCUT2D eigenvalue weighted by molar-refractivity contribution is 8.01. The minimum absolute atomic E-state index is 0.171. The van der Waals surface area contributed by atoms with Crippen molar-refractivity contribution in [1.29, 1.82) is 0 Å². The third-order valence-electron chi connectivity index (χ3n) is 2.38. The Kier molecular flexibility index (Phi) is 4.65. The number of aromatic nitrogens is 3. The molecule has 0 amide bonds. The zero-order valence-corrected chi connectivity index (χ0v) is 12.4. The average molecular weight is 326 g/mol. The van der Waals surface area contributed by atoms with Crippen molar-refractivity contribution < 1.29 is 10.1 Å². The summed E-state index contributed by atoms with van der Waals surface area (Å²) >= 11 is 2.35.